The van der Waals surface area contributed by atoms with Gasteiger partial charge in [-0.15, -0.1) is 5.73 Å². The predicted octanol–water partition coefficient (Wildman–Crippen LogP) is 12.8. The molecule has 4 aliphatic carbocycles. The molecule has 300 valence electrons. The van der Waals surface area contributed by atoms with E-state index in [1.165, 1.54) is 33.4 Å². The maximum atomic E-state index is 6.92. The zero-order valence-corrected chi connectivity index (χ0v) is 34.9. The lowest BCUT2D eigenvalue weighted by Crippen LogP contribution is -2.48. The summed E-state index contributed by atoms with van der Waals surface area (Å²) in [5, 5.41) is 4.29. The van der Waals surface area contributed by atoms with E-state index < -0.39 is 5.60 Å². The second-order valence-electron chi connectivity index (χ2n) is 17.6. The molecule has 0 N–H and O–H groups in total. The van der Waals surface area contributed by atoms with Crippen molar-refractivity contribution in [2.45, 2.75) is 37.7 Å². The van der Waals surface area contributed by atoms with E-state index in [0.29, 0.717) is 13.0 Å². The lowest BCUT2D eigenvalue weighted by molar-refractivity contribution is 0.0492. The lowest BCUT2D eigenvalue weighted by Gasteiger charge is -2.44. The fourth-order valence-corrected chi connectivity index (χ4v) is 10.5. The smallest absolute Gasteiger partial charge is 0.175 e. The third-order valence-corrected chi connectivity index (χ3v) is 13.8. The van der Waals surface area contributed by atoms with Crippen LogP contribution >= 0.6 is 0 Å². The molecule has 1 saturated heterocycles. The van der Waals surface area contributed by atoms with Crippen molar-refractivity contribution >= 4 is 61.3 Å². The monoisotopic (exact) mass is 812 g/mol. The van der Waals surface area contributed by atoms with Crippen LogP contribution in [0.5, 0.6) is 5.75 Å². The number of aryl methyl sites for hydroxylation is 1. The van der Waals surface area contributed by atoms with E-state index in [-0.39, 0.29) is 5.41 Å². The van der Waals surface area contributed by atoms with Crippen molar-refractivity contribution in [3.8, 4) is 16.9 Å². The fourth-order valence-electron chi connectivity index (χ4n) is 10.5. The van der Waals surface area contributed by atoms with Crippen molar-refractivity contribution in [3.63, 3.8) is 0 Å². The van der Waals surface area contributed by atoms with Crippen molar-refractivity contribution in [1.82, 2.24) is 0 Å². The van der Waals surface area contributed by atoms with Gasteiger partial charge in [-0.3, -0.25) is 0 Å². The molecule has 5 aromatic carbocycles. The van der Waals surface area contributed by atoms with E-state index >= 15 is 0 Å². The van der Waals surface area contributed by atoms with Crippen LogP contribution in [0.3, 0.4) is 0 Å². The van der Waals surface area contributed by atoms with Crippen molar-refractivity contribution in [2.75, 3.05) is 6.61 Å². The average molecular weight is 813 g/mol. The van der Waals surface area contributed by atoms with Gasteiger partial charge in [0.15, 0.2) is 11.4 Å². The number of allylic oxidation sites excluding steroid dienone is 10. The van der Waals surface area contributed by atoms with Crippen LogP contribution in [-0.2, 0) is 10.2 Å². The summed E-state index contributed by atoms with van der Waals surface area (Å²) < 4.78 is 26.4. The van der Waals surface area contributed by atoms with Crippen molar-refractivity contribution < 1.29 is 18.3 Å². The van der Waals surface area contributed by atoms with Gasteiger partial charge in [0.25, 0.3) is 0 Å². The standard InChI is InChI=1S/C59H40O4/c1-36-25-27-59(34-49(36)42-21-23-52-47(30-42)46-29-40(19-22-51(46)61-52)38-12-6-3-4-7-13-38)56-54(63-59)18-10-17-44-48-32-45(37(2)28-55(48)62-57(44)56)43-16-11-26-58(33-43)35-60-53-24-20-41(31-50(53)58)39-14-8-5-9-15-39/h3-12,14-17,19-25,28-34H,26-27,35H2,1-2H3. The fraction of sp³-hybridized carbons (Fsp3) is 0.119. The predicted molar refractivity (Wildman–Crippen MR) is 254 cm³/mol. The molecule has 7 aromatic rings. The van der Waals surface area contributed by atoms with Gasteiger partial charge in [0.2, 0.25) is 0 Å². The van der Waals surface area contributed by atoms with Gasteiger partial charge in [0.1, 0.15) is 34.5 Å². The van der Waals surface area contributed by atoms with E-state index in [2.05, 4.69) is 165 Å². The quantitative estimate of drug-likeness (QED) is 0.166. The van der Waals surface area contributed by atoms with Crippen LogP contribution < -0.4 is 15.4 Å². The molecule has 2 spiro atoms. The Morgan fingerprint density at radius 3 is 2.38 bits per heavy atom. The Hall–Kier alpha value is -7.74. The first kappa shape index (κ1) is 36.0. The van der Waals surface area contributed by atoms with Crippen molar-refractivity contribution in [3.05, 3.63) is 225 Å². The van der Waals surface area contributed by atoms with Crippen LogP contribution in [0.15, 0.2) is 196 Å². The van der Waals surface area contributed by atoms with Gasteiger partial charge in [-0.25, -0.2) is 0 Å². The normalized spacial score (nSPS) is 21.4. The number of hydrogen-bond donors (Lipinski definition) is 0. The molecule has 0 radical (unpaired) electrons. The lowest BCUT2D eigenvalue weighted by atomic mass is 9.73. The molecule has 2 aromatic heterocycles. The van der Waals surface area contributed by atoms with Gasteiger partial charge in [0, 0.05) is 38.9 Å². The molecule has 0 bridgehead atoms. The SMILES string of the molecule is CC1=CCC2(C=C1c1ccc3oc4ccc(C5=C=CC=CC=C5)cc4c3c1)OC1=C=CC=c3c(oc4cc(C)c(C5=CC6(CC=C5)COc5ccc(-c7ccccc7)cc56)cc34)=C12. The number of benzene rings is 5. The Kier molecular flexibility index (Phi) is 7.64. The van der Waals surface area contributed by atoms with E-state index in [0.717, 1.165) is 94.9 Å². The maximum absolute atomic E-state index is 6.92. The minimum atomic E-state index is -0.696. The topological polar surface area (TPSA) is 44.7 Å². The molecule has 1 fully saturated rings. The van der Waals surface area contributed by atoms with Gasteiger partial charge in [-0.05, 0) is 149 Å². The third kappa shape index (κ3) is 5.49. The number of furan rings is 2. The van der Waals surface area contributed by atoms with E-state index in [1.54, 1.807) is 0 Å². The molecule has 2 unspecified atom stereocenters. The molecule has 13 rings (SSSR count). The second-order valence-corrected chi connectivity index (χ2v) is 17.6. The molecule has 63 heavy (non-hydrogen) atoms. The minimum Gasteiger partial charge on any atom is -0.492 e. The van der Waals surface area contributed by atoms with Crippen LogP contribution in [0.1, 0.15) is 47.6 Å². The Morgan fingerprint density at radius 1 is 0.651 bits per heavy atom. The summed E-state index contributed by atoms with van der Waals surface area (Å²) in [4.78, 5) is 0. The first-order valence-electron chi connectivity index (χ1n) is 21.8. The van der Waals surface area contributed by atoms with Gasteiger partial charge >= 0.3 is 0 Å². The zero-order chi connectivity index (χ0) is 41.9. The van der Waals surface area contributed by atoms with Crippen LogP contribution in [0.2, 0.25) is 0 Å². The first-order chi connectivity index (χ1) is 30.9. The molecule has 2 aliphatic heterocycles. The molecule has 4 nitrogen and oxygen atoms in total. The summed E-state index contributed by atoms with van der Waals surface area (Å²) in [6.45, 7) is 4.99. The summed E-state index contributed by atoms with van der Waals surface area (Å²) in [7, 11) is 0. The summed E-state index contributed by atoms with van der Waals surface area (Å²) in [6.07, 6.45) is 27.4. The molecule has 0 saturated carbocycles. The Labute approximate surface area is 364 Å². The highest BCUT2D eigenvalue weighted by molar-refractivity contribution is 6.07. The molecule has 4 heterocycles. The van der Waals surface area contributed by atoms with Crippen molar-refractivity contribution in [2.24, 2.45) is 0 Å². The summed E-state index contributed by atoms with van der Waals surface area (Å²) >= 11 is 0. The van der Waals surface area contributed by atoms with Gasteiger partial charge < -0.3 is 18.3 Å². The minimum absolute atomic E-state index is 0.244. The summed E-state index contributed by atoms with van der Waals surface area (Å²) in [5.74, 6) is 1.70. The van der Waals surface area contributed by atoms with Gasteiger partial charge in [0.05, 0.1) is 11.0 Å². The van der Waals surface area contributed by atoms with Crippen molar-refractivity contribution in [1.29, 1.82) is 0 Å². The summed E-state index contributed by atoms with van der Waals surface area (Å²) in [5.41, 5.74) is 23.2. The Bertz CT molecular complexity index is 3690. The number of hydrogen-bond acceptors (Lipinski definition) is 4. The van der Waals surface area contributed by atoms with E-state index in [1.807, 2.05) is 30.4 Å². The van der Waals surface area contributed by atoms with E-state index in [9.17, 15) is 0 Å². The molecular formula is C59H40O4. The Balaban J connectivity index is 0.904. The molecular weight excluding hydrogens is 773 g/mol. The number of ether oxygens (including phenoxy) is 2. The van der Waals surface area contributed by atoms with E-state index in [4.69, 9.17) is 18.3 Å². The largest absolute Gasteiger partial charge is 0.492 e. The highest BCUT2D eigenvalue weighted by Gasteiger charge is 2.50. The maximum Gasteiger partial charge on any atom is 0.175 e. The average Bonchev–Trinajstić information content (AvgIpc) is 3.81. The number of fused-ring (bicyclic) bond motifs is 10. The zero-order valence-electron chi connectivity index (χ0n) is 34.9. The van der Waals surface area contributed by atoms with Crippen LogP contribution in [-0.4, -0.2) is 12.2 Å². The highest BCUT2D eigenvalue weighted by atomic mass is 16.5. The molecule has 6 aliphatic rings. The Morgan fingerprint density at radius 2 is 1.49 bits per heavy atom. The second kappa shape index (κ2) is 13.4. The van der Waals surface area contributed by atoms with Crippen LogP contribution in [0.25, 0.3) is 72.4 Å². The first-order valence-corrected chi connectivity index (χ1v) is 21.8. The third-order valence-electron chi connectivity index (χ3n) is 13.8. The highest BCUT2D eigenvalue weighted by Crippen LogP contribution is 2.51. The number of rotatable bonds is 4. The van der Waals surface area contributed by atoms with Crippen LogP contribution in [0, 0.1) is 6.92 Å². The molecule has 2 atom stereocenters. The van der Waals surface area contributed by atoms with Gasteiger partial charge in [-0.1, -0.05) is 96.8 Å². The van der Waals surface area contributed by atoms with Gasteiger partial charge in [-0.2, -0.15) is 0 Å². The molecule has 0 amide bonds. The summed E-state index contributed by atoms with van der Waals surface area (Å²) in [6, 6.07) is 34.6. The van der Waals surface area contributed by atoms with Crippen LogP contribution in [0.4, 0.5) is 0 Å². The molecule has 4 heteroatoms.